The molecule has 2 aromatic carbocycles. The normalized spacial score (nSPS) is 14.0. The molecule has 0 atom stereocenters. The van der Waals surface area contributed by atoms with E-state index in [4.69, 9.17) is 4.42 Å². The van der Waals surface area contributed by atoms with Crippen molar-refractivity contribution in [3.63, 3.8) is 0 Å². The summed E-state index contributed by atoms with van der Waals surface area (Å²) in [7, 11) is 0. The van der Waals surface area contributed by atoms with Crippen LogP contribution in [0.4, 0.5) is 29.3 Å². The number of furan rings is 1. The highest BCUT2D eigenvalue weighted by molar-refractivity contribution is 6.03. The Labute approximate surface area is 169 Å². The molecule has 4 rings (SSSR count). The Morgan fingerprint density at radius 1 is 1.07 bits per heavy atom. The molecule has 2 heterocycles. The molecule has 1 saturated heterocycles. The van der Waals surface area contributed by atoms with Crippen LogP contribution in [0.25, 0.3) is 11.3 Å². The quantitative estimate of drug-likeness (QED) is 0.646. The first-order valence-electron chi connectivity index (χ1n) is 9.05. The zero-order chi connectivity index (χ0) is 21.3. The lowest BCUT2D eigenvalue weighted by atomic mass is 10.1. The number of nitrogens with one attached hydrogen (secondary N) is 2. The fourth-order valence-electron chi connectivity index (χ4n) is 3.10. The van der Waals surface area contributed by atoms with Crippen molar-refractivity contribution >= 4 is 23.3 Å². The van der Waals surface area contributed by atoms with Crippen LogP contribution in [0, 0.1) is 0 Å². The van der Waals surface area contributed by atoms with Crippen LogP contribution in [-0.2, 0) is 6.18 Å². The molecule has 2 N–H and O–H groups in total. The first kappa shape index (κ1) is 19.6. The van der Waals surface area contributed by atoms with Crippen LogP contribution < -0.4 is 15.5 Å². The molecule has 0 spiro atoms. The Hall–Kier alpha value is -3.75. The Morgan fingerprint density at radius 2 is 1.83 bits per heavy atom. The van der Waals surface area contributed by atoms with Gasteiger partial charge in [-0.3, -0.25) is 9.69 Å². The van der Waals surface area contributed by atoms with E-state index in [1.54, 1.807) is 29.2 Å². The van der Waals surface area contributed by atoms with Gasteiger partial charge in [-0.15, -0.1) is 0 Å². The Bertz CT molecular complexity index is 1090. The van der Waals surface area contributed by atoms with Crippen molar-refractivity contribution in [2.24, 2.45) is 0 Å². The van der Waals surface area contributed by atoms with Crippen LogP contribution in [-0.4, -0.2) is 25.0 Å². The summed E-state index contributed by atoms with van der Waals surface area (Å²) >= 11 is 0. The van der Waals surface area contributed by atoms with Crippen LogP contribution in [0.2, 0.25) is 0 Å². The number of nitrogens with zero attached hydrogens (tertiary/aromatic N) is 1. The maximum atomic E-state index is 12.9. The molecule has 1 aromatic heterocycles. The molecule has 1 aliphatic rings. The summed E-state index contributed by atoms with van der Waals surface area (Å²) in [6.07, 6.45) is -4.47. The van der Waals surface area contributed by atoms with Crippen LogP contribution in [0.3, 0.4) is 0 Å². The number of hydrogen-bond donors (Lipinski definition) is 2. The van der Waals surface area contributed by atoms with Crippen molar-refractivity contribution in [3.8, 4) is 11.3 Å². The number of benzene rings is 2. The van der Waals surface area contributed by atoms with Crippen LogP contribution in [0.15, 0.2) is 65.1 Å². The van der Waals surface area contributed by atoms with E-state index in [0.717, 1.165) is 12.1 Å². The molecule has 154 valence electrons. The van der Waals surface area contributed by atoms with Crippen molar-refractivity contribution in [1.29, 1.82) is 0 Å². The second kappa shape index (κ2) is 7.58. The highest BCUT2D eigenvalue weighted by Crippen LogP contribution is 2.32. The average Bonchev–Trinajstić information content (AvgIpc) is 3.37. The van der Waals surface area contributed by atoms with Gasteiger partial charge in [0.15, 0.2) is 5.76 Å². The lowest BCUT2D eigenvalue weighted by molar-refractivity contribution is -0.137. The molecule has 6 nitrogen and oxygen atoms in total. The Kier molecular flexibility index (Phi) is 4.94. The third-order valence-electron chi connectivity index (χ3n) is 4.60. The molecule has 0 saturated carbocycles. The topological polar surface area (TPSA) is 74.6 Å². The summed E-state index contributed by atoms with van der Waals surface area (Å²) < 4.78 is 44.1. The summed E-state index contributed by atoms with van der Waals surface area (Å²) in [6.45, 7) is 1.14. The molecule has 0 bridgehead atoms. The van der Waals surface area contributed by atoms with Gasteiger partial charge >= 0.3 is 12.2 Å². The van der Waals surface area contributed by atoms with Gasteiger partial charge in [0.1, 0.15) is 5.76 Å². The van der Waals surface area contributed by atoms with Crippen molar-refractivity contribution in [2.75, 3.05) is 23.3 Å². The highest BCUT2D eigenvalue weighted by Gasteiger charge is 2.30. The van der Waals surface area contributed by atoms with Gasteiger partial charge in [0, 0.05) is 30.0 Å². The molecule has 0 radical (unpaired) electrons. The first-order valence-corrected chi connectivity index (χ1v) is 9.05. The van der Waals surface area contributed by atoms with Gasteiger partial charge in [-0.1, -0.05) is 12.1 Å². The van der Waals surface area contributed by atoms with Crippen molar-refractivity contribution < 1.29 is 27.2 Å². The van der Waals surface area contributed by atoms with Crippen LogP contribution in [0.5, 0.6) is 0 Å². The van der Waals surface area contributed by atoms with Crippen molar-refractivity contribution in [2.45, 2.75) is 6.18 Å². The number of alkyl halides is 3. The Morgan fingerprint density at radius 3 is 2.50 bits per heavy atom. The third kappa shape index (κ3) is 4.00. The molecule has 1 aliphatic heterocycles. The number of amides is 3. The molecule has 30 heavy (non-hydrogen) atoms. The summed E-state index contributed by atoms with van der Waals surface area (Å²) in [6, 6.07) is 14.1. The number of carbonyl (C=O) groups excluding carboxylic acids is 2. The smallest absolute Gasteiger partial charge is 0.416 e. The van der Waals surface area contributed by atoms with Gasteiger partial charge < -0.3 is 15.1 Å². The predicted molar refractivity (Wildman–Crippen MR) is 104 cm³/mol. The van der Waals surface area contributed by atoms with E-state index in [9.17, 15) is 22.8 Å². The minimum atomic E-state index is -4.47. The van der Waals surface area contributed by atoms with Crippen molar-refractivity contribution in [1.82, 2.24) is 5.32 Å². The van der Waals surface area contributed by atoms with E-state index in [1.807, 2.05) is 0 Å². The SMILES string of the molecule is O=C(Nc1ccc(N2CCNC2=O)cc1)c1ccc(-c2cccc(C(F)(F)F)c2)o1. The van der Waals surface area contributed by atoms with Crippen LogP contribution >= 0.6 is 0 Å². The van der Waals surface area contributed by atoms with E-state index in [1.165, 1.54) is 24.3 Å². The van der Waals surface area contributed by atoms with E-state index < -0.39 is 17.6 Å². The molecule has 1 fully saturated rings. The molecule has 0 aliphatic carbocycles. The second-order valence-electron chi connectivity index (χ2n) is 6.63. The Balaban J connectivity index is 1.46. The fourth-order valence-corrected chi connectivity index (χ4v) is 3.10. The highest BCUT2D eigenvalue weighted by atomic mass is 19.4. The minimum absolute atomic E-state index is 0.0367. The molecular formula is C21H16F3N3O3. The van der Waals surface area contributed by atoms with Gasteiger partial charge in [-0.2, -0.15) is 13.2 Å². The van der Waals surface area contributed by atoms with E-state index in [2.05, 4.69) is 10.6 Å². The number of anilines is 2. The lowest BCUT2D eigenvalue weighted by Gasteiger charge is -2.14. The number of halogens is 3. The fraction of sp³-hybridized carbons (Fsp3) is 0.143. The largest absolute Gasteiger partial charge is 0.451 e. The zero-order valence-electron chi connectivity index (χ0n) is 15.5. The van der Waals surface area contributed by atoms with E-state index in [0.29, 0.717) is 24.5 Å². The molecule has 9 heteroatoms. The maximum absolute atomic E-state index is 12.9. The molecule has 3 amide bonds. The minimum Gasteiger partial charge on any atom is -0.451 e. The van der Waals surface area contributed by atoms with Gasteiger partial charge in [0.05, 0.1) is 5.56 Å². The first-order chi connectivity index (χ1) is 14.3. The predicted octanol–water partition coefficient (Wildman–Crippen LogP) is 4.75. The number of carbonyl (C=O) groups is 2. The molecule has 3 aromatic rings. The summed E-state index contributed by atoms with van der Waals surface area (Å²) in [5, 5.41) is 5.36. The van der Waals surface area contributed by atoms with Crippen LogP contribution in [0.1, 0.15) is 16.1 Å². The maximum Gasteiger partial charge on any atom is 0.416 e. The van der Waals surface area contributed by atoms with Gasteiger partial charge in [0.25, 0.3) is 5.91 Å². The number of hydrogen-bond acceptors (Lipinski definition) is 3. The summed E-state index contributed by atoms with van der Waals surface area (Å²) in [5.74, 6) is -0.424. The average molecular weight is 415 g/mol. The molecular weight excluding hydrogens is 399 g/mol. The zero-order valence-corrected chi connectivity index (χ0v) is 15.5. The summed E-state index contributed by atoms with van der Waals surface area (Å²) in [5.41, 5.74) is 0.611. The molecule has 0 unspecified atom stereocenters. The van der Waals surface area contributed by atoms with Gasteiger partial charge in [-0.25, -0.2) is 4.79 Å². The monoisotopic (exact) mass is 415 g/mol. The third-order valence-corrected chi connectivity index (χ3v) is 4.60. The lowest BCUT2D eigenvalue weighted by Crippen LogP contribution is -2.27. The second-order valence-corrected chi connectivity index (χ2v) is 6.63. The summed E-state index contributed by atoms with van der Waals surface area (Å²) in [4.78, 5) is 25.7. The standard InChI is InChI=1S/C21H16F3N3O3/c22-21(23,24)14-3-1-2-13(12-14)17-8-9-18(30-17)19(28)26-15-4-6-16(7-5-15)27-11-10-25-20(27)29/h1-9,12H,10-11H2,(H,25,29)(H,26,28). The van der Waals surface area contributed by atoms with Crippen molar-refractivity contribution in [3.05, 3.63) is 72.0 Å². The number of rotatable bonds is 4. The number of urea groups is 1. The van der Waals surface area contributed by atoms with E-state index in [-0.39, 0.29) is 23.1 Å². The van der Waals surface area contributed by atoms with Gasteiger partial charge in [0.2, 0.25) is 0 Å². The van der Waals surface area contributed by atoms with Gasteiger partial charge in [-0.05, 0) is 48.5 Å². The van der Waals surface area contributed by atoms with E-state index >= 15 is 0 Å².